The van der Waals surface area contributed by atoms with Gasteiger partial charge < -0.3 is 5.32 Å². The number of likely N-dealkylation sites (tertiary alicyclic amines) is 1. The van der Waals surface area contributed by atoms with Crippen LogP contribution in [0.2, 0.25) is 0 Å². The lowest BCUT2D eigenvalue weighted by molar-refractivity contribution is -0.139. The van der Waals surface area contributed by atoms with Crippen LogP contribution in [0.5, 0.6) is 0 Å². The van der Waals surface area contributed by atoms with Gasteiger partial charge in [0.25, 0.3) is 0 Å². The second-order valence-electron chi connectivity index (χ2n) is 6.54. The molecule has 1 aromatic carbocycles. The van der Waals surface area contributed by atoms with E-state index in [2.05, 4.69) is 20.8 Å². The zero-order chi connectivity index (χ0) is 18.8. The molecule has 9 nitrogen and oxygen atoms in total. The van der Waals surface area contributed by atoms with Crippen LogP contribution < -0.4 is 5.32 Å². The molecule has 1 saturated heterocycles. The summed E-state index contributed by atoms with van der Waals surface area (Å²) in [5, 5.41) is 15.1. The Morgan fingerprint density at radius 1 is 1.15 bits per heavy atom. The third kappa shape index (κ3) is 4.16. The molecule has 0 radical (unpaired) electrons. The van der Waals surface area contributed by atoms with Gasteiger partial charge >= 0.3 is 0 Å². The number of imide groups is 1. The number of tetrazole rings is 1. The van der Waals surface area contributed by atoms with E-state index in [-0.39, 0.29) is 42.9 Å². The quantitative estimate of drug-likeness (QED) is 0.565. The van der Waals surface area contributed by atoms with Gasteiger partial charge in [-0.3, -0.25) is 19.3 Å². The summed E-state index contributed by atoms with van der Waals surface area (Å²) < 4.78 is 1.77. The lowest BCUT2D eigenvalue weighted by atomic mass is 10.2. The van der Waals surface area contributed by atoms with Gasteiger partial charge in [-0.1, -0.05) is 23.9 Å². The molecular weight excluding hydrogens is 368 g/mol. The Morgan fingerprint density at radius 2 is 1.85 bits per heavy atom. The summed E-state index contributed by atoms with van der Waals surface area (Å²) in [6, 6.07) is 7.49. The van der Waals surface area contributed by atoms with Crippen LogP contribution in [0.4, 0.5) is 5.69 Å². The highest BCUT2D eigenvalue weighted by molar-refractivity contribution is 7.99. The summed E-state index contributed by atoms with van der Waals surface area (Å²) in [5.74, 6) is -0.208. The minimum absolute atomic E-state index is 0.136. The number of amides is 3. The van der Waals surface area contributed by atoms with E-state index in [1.54, 1.807) is 28.9 Å². The lowest BCUT2D eigenvalue weighted by Gasteiger charge is -2.14. The molecule has 1 aliphatic carbocycles. The first-order chi connectivity index (χ1) is 13.1. The summed E-state index contributed by atoms with van der Waals surface area (Å²) in [6.07, 6.45) is 2.72. The first-order valence-corrected chi connectivity index (χ1v) is 9.71. The highest BCUT2D eigenvalue weighted by Gasteiger charge is 2.29. The zero-order valence-corrected chi connectivity index (χ0v) is 15.3. The Balaban J connectivity index is 1.29. The van der Waals surface area contributed by atoms with Crippen LogP contribution in [0.25, 0.3) is 0 Å². The van der Waals surface area contributed by atoms with E-state index < -0.39 is 0 Å². The van der Waals surface area contributed by atoms with Gasteiger partial charge in [0.1, 0.15) is 0 Å². The first kappa shape index (κ1) is 17.7. The number of hydrogen-bond acceptors (Lipinski definition) is 7. The third-order valence-corrected chi connectivity index (χ3v) is 5.35. The highest BCUT2D eigenvalue weighted by atomic mass is 32.2. The van der Waals surface area contributed by atoms with Crippen molar-refractivity contribution in [3.05, 3.63) is 29.8 Å². The maximum Gasteiger partial charge on any atom is 0.234 e. The van der Waals surface area contributed by atoms with Crippen molar-refractivity contribution in [2.75, 3.05) is 11.1 Å². The fourth-order valence-corrected chi connectivity index (χ4v) is 3.58. The Morgan fingerprint density at radius 3 is 2.52 bits per heavy atom. The molecule has 1 aromatic heterocycles. The van der Waals surface area contributed by atoms with Gasteiger partial charge in [-0.25, -0.2) is 4.68 Å². The SMILES string of the molecule is O=C(CSc1nnnn1C1CC1)Nc1ccc(CN2C(=O)CCC2=O)cc1. The van der Waals surface area contributed by atoms with E-state index in [1.807, 2.05) is 0 Å². The van der Waals surface area contributed by atoms with Crippen LogP contribution in [-0.2, 0) is 20.9 Å². The fraction of sp³-hybridized carbons (Fsp3) is 0.412. The van der Waals surface area contributed by atoms with Gasteiger partial charge in [-0.2, -0.15) is 0 Å². The van der Waals surface area contributed by atoms with Crippen LogP contribution in [0.3, 0.4) is 0 Å². The molecule has 4 rings (SSSR count). The van der Waals surface area contributed by atoms with Crippen molar-refractivity contribution in [3.8, 4) is 0 Å². The summed E-state index contributed by atoms with van der Waals surface area (Å²) in [4.78, 5) is 36.8. The zero-order valence-electron chi connectivity index (χ0n) is 14.5. The second kappa shape index (κ2) is 7.47. The van der Waals surface area contributed by atoms with Gasteiger partial charge in [0.15, 0.2) is 0 Å². The number of benzene rings is 1. The molecule has 2 aliphatic rings. The first-order valence-electron chi connectivity index (χ1n) is 8.73. The predicted molar refractivity (Wildman–Crippen MR) is 96.7 cm³/mol. The molecule has 3 amide bonds. The molecule has 1 aliphatic heterocycles. The van der Waals surface area contributed by atoms with Crippen LogP contribution in [0.15, 0.2) is 29.4 Å². The summed E-state index contributed by atoms with van der Waals surface area (Å²) in [5.41, 5.74) is 1.50. The normalized spacial score (nSPS) is 16.8. The van der Waals surface area contributed by atoms with E-state index in [1.165, 1.54) is 16.7 Å². The number of anilines is 1. The van der Waals surface area contributed by atoms with Crippen LogP contribution in [0.1, 0.15) is 37.3 Å². The average molecular weight is 386 g/mol. The number of carbonyl (C=O) groups is 3. The Bertz CT molecular complexity index is 861. The van der Waals surface area contributed by atoms with Gasteiger partial charge in [-0.15, -0.1) is 5.10 Å². The number of carbonyl (C=O) groups excluding carboxylic acids is 3. The van der Waals surface area contributed by atoms with E-state index in [0.717, 1.165) is 18.4 Å². The fourth-order valence-electron chi connectivity index (χ4n) is 2.83. The van der Waals surface area contributed by atoms with Crippen molar-refractivity contribution in [2.24, 2.45) is 0 Å². The molecule has 1 N–H and O–H groups in total. The number of aromatic nitrogens is 4. The molecule has 0 unspecified atom stereocenters. The largest absolute Gasteiger partial charge is 0.325 e. The van der Waals surface area contributed by atoms with E-state index in [0.29, 0.717) is 16.9 Å². The minimum Gasteiger partial charge on any atom is -0.325 e. The van der Waals surface area contributed by atoms with Gasteiger partial charge in [0.05, 0.1) is 18.3 Å². The van der Waals surface area contributed by atoms with Crippen LogP contribution in [0, 0.1) is 0 Å². The van der Waals surface area contributed by atoms with E-state index >= 15 is 0 Å². The van der Waals surface area contributed by atoms with Gasteiger partial charge in [0.2, 0.25) is 22.9 Å². The van der Waals surface area contributed by atoms with Crippen LogP contribution >= 0.6 is 11.8 Å². The van der Waals surface area contributed by atoms with Crippen LogP contribution in [-0.4, -0.2) is 48.6 Å². The van der Waals surface area contributed by atoms with Gasteiger partial charge in [-0.05, 0) is 41.0 Å². The third-order valence-electron chi connectivity index (χ3n) is 4.42. The number of rotatable bonds is 7. The topological polar surface area (TPSA) is 110 Å². The molecular formula is C17H18N6O3S. The standard InChI is InChI=1S/C17H18N6O3S/c24-14(10-27-17-19-20-21-23(17)13-5-6-13)18-12-3-1-11(2-4-12)9-22-15(25)7-8-16(22)26/h1-4,13H,5-10H2,(H,18,24). The lowest BCUT2D eigenvalue weighted by Crippen LogP contribution is -2.28. The maximum absolute atomic E-state index is 12.1. The molecule has 10 heteroatoms. The molecule has 140 valence electrons. The summed E-state index contributed by atoms with van der Waals surface area (Å²) >= 11 is 1.31. The molecule has 0 bridgehead atoms. The summed E-state index contributed by atoms with van der Waals surface area (Å²) in [6.45, 7) is 0.269. The molecule has 2 heterocycles. The smallest absolute Gasteiger partial charge is 0.234 e. The van der Waals surface area contributed by atoms with E-state index in [4.69, 9.17) is 0 Å². The number of thioether (sulfide) groups is 1. The molecule has 2 fully saturated rings. The Hall–Kier alpha value is -2.75. The van der Waals surface area contributed by atoms with Gasteiger partial charge in [0, 0.05) is 18.5 Å². The second-order valence-corrected chi connectivity index (χ2v) is 7.49. The molecule has 0 spiro atoms. The highest BCUT2D eigenvalue weighted by Crippen LogP contribution is 2.36. The number of hydrogen-bond donors (Lipinski definition) is 1. The number of nitrogens with one attached hydrogen (secondary N) is 1. The van der Waals surface area contributed by atoms with E-state index in [9.17, 15) is 14.4 Å². The Labute approximate surface area is 159 Å². The van der Waals surface area contributed by atoms with Crippen molar-refractivity contribution < 1.29 is 14.4 Å². The van der Waals surface area contributed by atoms with Crippen molar-refractivity contribution in [3.63, 3.8) is 0 Å². The molecule has 1 saturated carbocycles. The molecule has 2 aromatic rings. The maximum atomic E-state index is 12.1. The Kier molecular flexibility index (Phi) is 4.88. The number of nitrogens with zero attached hydrogens (tertiary/aromatic N) is 5. The predicted octanol–water partition coefficient (Wildman–Crippen LogP) is 1.39. The molecule has 27 heavy (non-hydrogen) atoms. The summed E-state index contributed by atoms with van der Waals surface area (Å²) in [7, 11) is 0. The minimum atomic E-state index is -0.150. The van der Waals surface area contributed by atoms with Crippen molar-refractivity contribution in [1.29, 1.82) is 0 Å². The average Bonchev–Trinajstić information content (AvgIpc) is 3.32. The van der Waals surface area contributed by atoms with Crippen molar-refractivity contribution >= 4 is 35.2 Å². The van der Waals surface area contributed by atoms with Crippen molar-refractivity contribution in [2.45, 2.75) is 43.4 Å². The molecule has 0 atom stereocenters. The van der Waals surface area contributed by atoms with Crippen molar-refractivity contribution in [1.82, 2.24) is 25.1 Å². The monoisotopic (exact) mass is 386 g/mol.